The number of hydrogen-bond donors (Lipinski definition) is 1. The quantitative estimate of drug-likeness (QED) is 0.469. The standard InChI is InChI=1S/C25H23N5O4/c1-31-18-6-2-15(3-7-18)24-28-25(30-29-24)17-4-8-19(26-13-17)16-5-9-22(27-12-16)34-21-14-33-20-10-11-32-23(20)21/h2-9,12-13,20-21,23H,10-11,14H2,1H3,(H,28,29,30). The number of aromatic nitrogens is 5. The second kappa shape index (κ2) is 8.85. The molecule has 172 valence electrons. The third-order valence-corrected chi connectivity index (χ3v) is 6.09. The maximum absolute atomic E-state index is 6.00. The number of fused-ring (bicyclic) bond motifs is 1. The van der Waals surface area contributed by atoms with E-state index in [0.29, 0.717) is 24.1 Å². The molecule has 4 aromatic rings. The normalized spacial score (nSPS) is 21.4. The Bertz CT molecular complexity index is 1260. The summed E-state index contributed by atoms with van der Waals surface area (Å²) in [5.41, 5.74) is 3.44. The van der Waals surface area contributed by atoms with Crippen molar-refractivity contribution in [3.05, 3.63) is 60.9 Å². The molecule has 3 atom stereocenters. The molecule has 0 amide bonds. The molecule has 9 heteroatoms. The number of nitrogens with one attached hydrogen (secondary N) is 1. The monoisotopic (exact) mass is 457 g/mol. The highest BCUT2D eigenvalue weighted by Gasteiger charge is 2.43. The number of hydrogen-bond acceptors (Lipinski definition) is 8. The van der Waals surface area contributed by atoms with Crippen LogP contribution < -0.4 is 9.47 Å². The highest BCUT2D eigenvalue weighted by Crippen LogP contribution is 2.30. The van der Waals surface area contributed by atoms with Gasteiger partial charge in [-0.05, 0) is 48.9 Å². The van der Waals surface area contributed by atoms with E-state index < -0.39 is 0 Å². The average molecular weight is 457 g/mol. The molecule has 0 radical (unpaired) electrons. The molecule has 9 nitrogen and oxygen atoms in total. The predicted octanol–water partition coefficient (Wildman–Crippen LogP) is 3.54. The Hall–Kier alpha value is -3.82. The van der Waals surface area contributed by atoms with Crippen molar-refractivity contribution in [2.24, 2.45) is 0 Å². The molecule has 34 heavy (non-hydrogen) atoms. The number of benzene rings is 1. The Labute approximate surface area is 196 Å². The fourth-order valence-corrected chi connectivity index (χ4v) is 4.25. The molecule has 5 heterocycles. The molecule has 6 rings (SSSR count). The van der Waals surface area contributed by atoms with E-state index in [-0.39, 0.29) is 18.3 Å². The second-order valence-electron chi connectivity index (χ2n) is 8.21. The summed E-state index contributed by atoms with van der Waals surface area (Å²) >= 11 is 0. The smallest absolute Gasteiger partial charge is 0.213 e. The maximum Gasteiger partial charge on any atom is 0.213 e. The van der Waals surface area contributed by atoms with Crippen molar-refractivity contribution in [3.8, 4) is 45.7 Å². The molecule has 0 saturated carbocycles. The van der Waals surface area contributed by atoms with Gasteiger partial charge in [0, 0.05) is 41.8 Å². The van der Waals surface area contributed by atoms with Crippen LogP contribution in [0, 0.1) is 0 Å². The molecule has 3 aromatic heterocycles. The zero-order valence-corrected chi connectivity index (χ0v) is 18.5. The fourth-order valence-electron chi connectivity index (χ4n) is 4.25. The van der Waals surface area contributed by atoms with Crippen molar-refractivity contribution < 1.29 is 18.9 Å². The lowest BCUT2D eigenvalue weighted by Crippen LogP contribution is -2.32. The Morgan fingerprint density at radius 1 is 0.912 bits per heavy atom. The van der Waals surface area contributed by atoms with Gasteiger partial charge >= 0.3 is 0 Å². The molecular formula is C25H23N5O4. The van der Waals surface area contributed by atoms with Gasteiger partial charge in [-0.1, -0.05) is 0 Å². The maximum atomic E-state index is 6.00. The Kier molecular flexibility index (Phi) is 5.40. The summed E-state index contributed by atoms with van der Waals surface area (Å²) in [5.74, 6) is 2.61. The van der Waals surface area contributed by atoms with E-state index in [1.54, 1.807) is 19.5 Å². The van der Waals surface area contributed by atoms with Gasteiger partial charge in [0.2, 0.25) is 5.88 Å². The van der Waals surface area contributed by atoms with Crippen molar-refractivity contribution in [3.63, 3.8) is 0 Å². The molecule has 3 unspecified atom stereocenters. The SMILES string of the molecule is COc1ccc(-c2nc(-c3ccc(-c4ccc(OC5COC6CCOC65)nc4)nc3)n[nH]2)cc1. The number of aromatic amines is 1. The first-order chi connectivity index (χ1) is 16.8. The largest absolute Gasteiger partial charge is 0.497 e. The number of rotatable bonds is 6. The molecule has 1 N–H and O–H groups in total. The Balaban J connectivity index is 1.13. The van der Waals surface area contributed by atoms with Crippen LogP contribution >= 0.6 is 0 Å². The summed E-state index contributed by atoms with van der Waals surface area (Å²) in [7, 11) is 1.64. The van der Waals surface area contributed by atoms with Gasteiger partial charge in [0.25, 0.3) is 0 Å². The first-order valence-corrected chi connectivity index (χ1v) is 11.2. The number of methoxy groups -OCH3 is 1. The summed E-state index contributed by atoms with van der Waals surface area (Å²) in [6, 6.07) is 15.3. The van der Waals surface area contributed by atoms with Crippen LogP contribution in [-0.4, -0.2) is 63.8 Å². The third-order valence-electron chi connectivity index (χ3n) is 6.09. The Morgan fingerprint density at radius 3 is 2.50 bits per heavy atom. The fraction of sp³-hybridized carbons (Fsp3) is 0.280. The van der Waals surface area contributed by atoms with E-state index in [4.69, 9.17) is 18.9 Å². The van der Waals surface area contributed by atoms with Crippen molar-refractivity contribution in [1.82, 2.24) is 25.1 Å². The Morgan fingerprint density at radius 2 is 1.74 bits per heavy atom. The first-order valence-electron chi connectivity index (χ1n) is 11.2. The van der Waals surface area contributed by atoms with Gasteiger partial charge in [-0.2, -0.15) is 5.10 Å². The van der Waals surface area contributed by atoms with Crippen molar-refractivity contribution in [2.75, 3.05) is 20.3 Å². The van der Waals surface area contributed by atoms with Crippen LogP contribution in [0.2, 0.25) is 0 Å². The lowest BCUT2D eigenvalue weighted by atomic mass is 10.1. The van der Waals surface area contributed by atoms with Crippen LogP contribution in [0.3, 0.4) is 0 Å². The molecule has 0 spiro atoms. The lowest BCUT2D eigenvalue weighted by Gasteiger charge is -2.17. The van der Waals surface area contributed by atoms with Crippen molar-refractivity contribution in [1.29, 1.82) is 0 Å². The average Bonchev–Trinajstić information content (AvgIpc) is 3.64. The van der Waals surface area contributed by atoms with Crippen LogP contribution in [0.25, 0.3) is 34.0 Å². The van der Waals surface area contributed by atoms with Gasteiger partial charge < -0.3 is 18.9 Å². The second-order valence-corrected chi connectivity index (χ2v) is 8.21. The summed E-state index contributed by atoms with van der Waals surface area (Å²) in [6.45, 7) is 1.25. The lowest BCUT2D eigenvalue weighted by molar-refractivity contribution is 0.0289. The van der Waals surface area contributed by atoms with Crippen molar-refractivity contribution >= 4 is 0 Å². The zero-order valence-electron chi connectivity index (χ0n) is 18.5. The van der Waals surface area contributed by atoms with E-state index in [1.807, 2.05) is 48.5 Å². The molecule has 0 bridgehead atoms. The van der Waals surface area contributed by atoms with Crippen LogP contribution in [0.4, 0.5) is 0 Å². The number of pyridine rings is 2. The van der Waals surface area contributed by atoms with E-state index in [9.17, 15) is 0 Å². The van der Waals surface area contributed by atoms with Crippen LogP contribution in [0.15, 0.2) is 60.9 Å². The van der Waals surface area contributed by atoms with Crippen LogP contribution in [0.1, 0.15) is 6.42 Å². The van der Waals surface area contributed by atoms with E-state index in [1.165, 1.54) is 0 Å². The molecule has 0 aliphatic carbocycles. The summed E-state index contributed by atoms with van der Waals surface area (Å²) in [6.07, 6.45) is 4.46. The van der Waals surface area contributed by atoms with Gasteiger partial charge in [-0.15, -0.1) is 0 Å². The molecule has 2 fully saturated rings. The summed E-state index contributed by atoms with van der Waals surface area (Å²) in [4.78, 5) is 13.6. The predicted molar refractivity (Wildman–Crippen MR) is 123 cm³/mol. The number of ether oxygens (including phenoxy) is 4. The van der Waals surface area contributed by atoms with E-state index in [2.05, 4.69) is 25.1 Å². The number of H-pyrrole nitrogens is 1. The minimum Gasteiger partial charge on any atom is -0.497 e. The van der Waals surface area contributed by atoms with Gasteiger partial charge in [-0.3, -0.25) is 10.1 Å². The van der Waals surface area contributed by atoms with Crippen LogP contribution in [0.5, 0.6) is 11.6 Å². The first kappa shape index (κ1) is 20.8. The van der Waals surface area contributed by atoms with E-state index in [0.717, 1.165) is 41.2 Å². The van der Waals surface area contributed by atoms with Crippen molar-refractivity contribution in [2.45, 2.75) is 24.7 Å². The minimum absolute atomic E-state index is 0.00317. The summed E-state index contributed by atoms with van der Waals surface area (Å²) in [5, 5.41) is 7.32. The van der Waals surface area contributed by atoms with Gasteiger partial charge in [0.15, 0.2) is 17.8 Å². The van der Waals surface area contributed by atoms with E-state index >= 15 is 0 Å². The topological polar surface area (TPSA) is 104 Å². The highest BCUT2D eigenvalue weighted by molar-refractivity contribution is 5.64. The number of nitrogens with zero attached hydrogens (tertiary/aromatic N) is 4. The zero-order chi connectivity index (χ0) is 22.9. The van der Waals surface area contributed by atoms with Crippen LogP contribution in [-0.2, 0) is 9.47 Å². The molecular weight excluding hydrogens is 434 g/mol. The summed E-state index contributed by atoms with van der Waals surface area (Å²) < 4.78 is 22.7. The van der Waals surface area contributed by atoms with Gasteiger partial charge in [-0.25, -0.2) is 9.97 Å². The molecule has 2 aliphatic heterocycles. The molecule has 2 saturated heterocycles. The van der Waals surface area contributed by atoms with Gasteiger partial charge in [0.05, 0.1) is 25.5 Å². The minimum atomic E-state index is -0.118. The highest BCUT2D eigenvalue weighted by atomic mass is 16.6. The molecule has 2 aliphatic rings. The van der Waals surface area contributed by atoms with Gasteiger partial charge in [0.1, 0.15) is 11.9 Å². The third kappa shape index (κ3) is 4.00. The molecule has 1 aromatic carbocycles.